The van der Waals surface area contributed by atoms with Crippen molar-refractivity contribution in [1.29, 1.82) is 0 Å². The van der Waals surface area contributed by atoms with Gasteiger partial charge in [-0.2, -0.15) is 4.98 Å². The van der Waals surface area contributed by atoms with Crippen LogP contribution in [0.5, 0.6) is 11.5 Å². The molecule has 2 aromatic heterocycles. The zero-order valence-electron chi connectivity index (χ0n) is 16.4. The fourth-order valence-corrected chi connectivity index (χ4v) is 3.19. The summed E-state index contributed by atoms with van der Waals surface area (Å²) in [6.07, 6.45) is 0.608. The number of nitrogens with zero attached hydrogens (tertiary/aromatic N) is 4. The van der Waals surface area contributed by atoms with Gasteiger partial charge in [0, 0.05) is 12.5 Å². The molecule has 0 fully saturated rings. The number of para-hydroxylation sites is 1. The van der Waals surface area contributed by atoms with Crippen molar-refractivity contribution in [2.75, 3.05) is 14.2 Å². The predicted molar refractivity (Wildman–Crippen MR) is 107 cm³/mol. The highest BCUT2D eigenvalue weighted by atomic mass is 16.5. The molecule has 2 heterocycles. The van der Waals surface area contributed by atoms with Crippen LogP contribution in [0.25, 0.3) is 22.4 Å². The first kappa shape index (κ1) is 18.7. The molecule has 0 aliphatic rings. The normalized spacial score (nSPS) is 11.0. The van der Waals surface area contributed by atoms with E-state index in [1.54, 1.807) is 43.1 Å². The van der Waals surface area contributed by atoms with E-state index in [1.807, 2.05) is 25.1 Å². The second-order valence-electron chi connectivity index (χ2n) is 6.37. The first-order valence-electron chi connectivity index (χ1n) is 9.18. The number of ether oxygens (including phenoxy) is 2. The smallest absolute Gasteiger partial charge is 0.261 e. The Kier molecular flexibility index (Phi) is 4.99. The topological polar surface area (TPSA) is 92.3 Å². The summed E-state index contributed by atoms with van der Waals surface area (Å²) in [6.45, 7) is 2.12. The van der Waals surface area contributed by atoms with E-state index < -0.39 is 0 Å². The van der Waals surface area contributed by atoms with Crippen LogP contribution in [0, 0.1) is 0 Å². The molecule has 0 spiro atoms. The van der Waals surface area contributed by atoms with Gasteiger partial charge in [0.25, 0.3) is 11.4 Å². The molecule has 0 amide bonds. The number of aromatic nitrogens is 4. The summed E-state index contributed by atoms with van der Waals surface area (Å²) < 4.78 is 17.6. The third-order valence-corrected chi connectivity index (χ3v) is 4.66. The molecule has 4 rings (SSSR count). The number of rotatable bonds is 6. The molecule has 0 aliphatic carbocycles. The van der Waals surface area contributed by atoms with Gasteiger partial charge >= 0.3 is 0 Å². The second-order valence-corrected chi connectivity index (χ2v) is 6.37. The molecular formula is C21H20N4O4. The van der Waals surface area contributed by atoms with Crippen LogP contribution in [0.15, 0.2) is 51.8 Å². The van der Waals surface area contributed by atoms with E-state index in [2.05, 4.69) is 15.1 Å². The van der Waals surface area contributed by atoms with E-state index in [0.29, 0.717) is 51.9 Å². The third-order valence-electron chi connectivity index (χ3n) is 4.66. The summed E-state index contributed by atoms with van der Waals surface area (Å²) >= 11 is 0. The zero-order chi connectivity index (χ0) is 20.4. The van der Waals surface area contributed by atoms with Gasteiger partial charge in [-0.15, -0.1) is 0 Å². The monoisotopic (exact) mass is 392 g/mol. The molecule has 148 valence electrons. The summed E-state index contributed by atoms with van der Waals surface area (Å²) in [5.41, 5.74) is 1.20. The van der Waals surface area contributed by atoms with Crippen LogP contribution in [0.3, 0.4) is 0 Å². The van der Waals surface area contributed by atoms with Gasteiger partial charge in [-0.3, -0.25) is 9.36 Å². The highest BCUT2D eigenvalue weighted by Gasteiger charge is 2.17. The SMILES string of the molecule is CCc1nc2ccccc2c(=O)n1Cc1noc(-c2ccc(OC)cc2OC)n1. The van der Waals surface area contributed by atoms with Gasteiger partial charge in [-0.1, -0.05) is 24.2 Å². The molecular weight excluding hydrogens is 372 g/mol. The summed E-state index contributed by atoms with van der Waals surface area (Å²) in [7, 11) is 3.14. The van der Waals surface area contributed by atoms with E-state index in [1.165, 1.54) is 0 Å². The summed E-state index contributed by atoms with van der Waals surface area (Å²) in [5.74, 6) is 2.57. The van der Waals surface area contributed by atoms with E-state index >= 15 is 0 Å². The Hall–Kier alpha value is -3.68. The van der Waals surface area contributed by atoms with Crippen LogP contribution in [0.4, 0.5) is 0 Å². The van der Waals surface area contributed by atoms with Crippen molar-refractivity contribution in [2.24, 2.45) is 0 Å². The minimum absolute atomic E-state index is 0.124. The average Bonchev–Trinajstić information content (AvgIpc) is 3.23. The summed E-state index contributed by atoms with van der Waals surface area (Å²) in [4.78, 5) is 22.0. The lowest BCUT2D eigenvalue weighted by molar-refractivity contribution is 0.389. The van der Waals surface area contributed by atoms with Gasteiger partial charge in [0.15, 0.2) is 5.82 Å². The second kappa shape index (κ2) is 7.75. The highest BCUT2D eigenvalue weighted by molar-refractivity contribution is 5.77. The number of hydrogen-bond donors (Lipinski definition) is 0. The Bertz CT molecular complexity index is 1230. The zero-order valence-corrected chi connectivity index (χ0v) is 16.4. The van der Waals surface area contributed by atoms with Gasteiger partial charge in [0.2, 0.25) is 0 Å². The average molecular weight is 392 g/mol. The molecule has 0 aliphatic heterocycles. The van der Waals surface area contributed by atoms with E-state index in [-0.39, 0.29) is 12.1 Å². The fourth-order valence-electron chi connectivity index (χ4n) is 3.19. The van der Waals surface area contributed by atoms with Crippen molar-refractivity contribution in [2.45, 2.75) is 19.9 Å². The van der Waals surface area contributed by atoms with Gasteiger partial charge in [0.05, 0.1) is 37.2 Å². The minimum atomic E-state index is -0.124. The van der Waals surface area contributed by atoms with Gasteiger partial charge in [-0.05, 0) is 24.3 Å². The lowest BCUT2D eigenvalue weighted by Gasteiger charge is -2.10. The van der Waals surface area contributed by atoms with Gasteiger partial charge in [0.1, 0.15) is 17.3 Å². The Balaban J connectivity index is 1.72. The maximum atomic E-state index is 13.0. The summed E-state index contributed by atoms with van der Waals surface area (Å²) in [5, 5.41) is 4.60. The lowest BCUT2D eigenvalue weighted by atomic mass is 10.2. The molecule has 0 saturated carbocycles. The van der Waals surface area contributed by atoms with E-state index in [4.69, 9.17) is 14.0 Å². The van der Waals surface area contributed by atoms with Crippen LogP contribution in [0.1, 0.15) is 18.6 Å². The third kappa shape index (κ3) is 3.44. The molecule has 0 radical (unpaired) electrons. The maximum Gasteiger partial charge on any atom is 0.261 e. The maximum absolute atomic E-state index is 13.0. The largest absolute Gasteiger partial charge is 0.497 e. The number of aryl methyl sites for hydroxylation is 1. The lowest BCUT2D eigenvalue weighted by Crippen LogP contribution is -2.26. The summed E-state index contributed by atoms with van der Waals surface area (Å²) in [6, 6.07) is 12.6. The fraction of sp³-hybridized carbons (Fsp3) is 0.238. The van der Waals surface area contributed by atoms with Gasteiger partial charge < -0.3 is 14.0 Å². The standard InChI is InChI=1S/C21H20N4O4/c1-4-19-22-16-8-6-5-7-14(16)21(26)25(19)12-18-23-20(29-24-18)15-10-9-13(27-2)11-17(15)28-3/h5-11H,4,12H2,1-3H3. The van der Waals surface area contributed by atoms with E-state index in [9.17, 15) is 4.79 Å². The van der Waals surface area contributed by atoms with Crippen LogP contribution in [-0.4, -0.2) is 33.9 Å². The van der Waals surface area contributed by atoms with Crippen molar-refractivity contribution in [3.05, 3.63) is 64.5 Å². The number of benzene rings is 2. The molecule has 0 unspecified atom stereocenters. The molecule has 0 atom stereocenters. The minimum Gasteiger partial charge on any atom is -0.497 e. The molecule has 0 saturated heterocycles. The van der Waals surface area contributed by atoms with Crippen molar-refractivity contribution in [3.8, 4) is 23.0 Å². The number of hydrogen-bond acceptors (Lipinski definition) is 7. The number of fused-ring (bicyclic) bond motifs is 1. The van der Waals surface area contributed by atoms with Crippen LogP contribution >= 0.6 is 0 Å². The van der Waals surface area contributed by atoms with Crippen molar-refractivity contribution in [1.82, 2.24) is 19.7 Å². The van der Waals surface area contributed by atoms with Crippen LogP contribution in [-0.2, 0) is 13.0 Å². The van der Waals surface area contributed by atoms with Crippen molar-refractivity contribution < 1.29 is 14.0 Å². The predicted octanol–water partition coefficient (Wildman–Crippen LogP) is 3.07. The molecule has 2 aromatic carbocycles. The van der Waals surface area contributed by atoms with Crippen LogP contribution in [0.2, 0.25) is 0 Å². The first-order valence-corrected chi connectivity index (χ1v) is 9.18. The molecule has 4 aromatic rings. The quantitative estimate of drug-likeness (QED) is 0.498. The Morgan fingerprint density at radius 1 is 1.07 bits per heavy atom. The molecule has 0 bridgehead atoms. The first-order chi connectivity index (χ1) is 14.1. The van der Waals surface area contributed by atoms with Crippen molar-refractivity contribution in [3.63, 3.8) is 0 Å². The Labute approximate surface area is 166 Å². The van der Waals surface area contributed by atoms with Crippen molar-refractivity contribution >= 4 is 10.9 Å². The van der Waals surface area contributed by atoms with E-state index in [0.717, 1.165) is 0 Å². The van der Waals surface area contributed by atoms with Crippen LogP contribution < -0.4 is 15.0 Å². The molecule has 0 N–H and O–H groups in total. The Morgan fingerprint density at radius 2 is 1.90 bits per heavy atom. The molecule has 29 heavy (non-hydrogen) atoms. The number of methoxy groups -OCH3 is 2. The molecule has 8 heteroatoms. The molecule has 8 nitrogen and oxygen atoms in total. The van der Waals surface area contributed by atoms with Gasteiger partial charge in [-0.25, -0.2) is 4.98 Å². The Morgan fingerprint density at radius 3 is 2.66 bits per heavy atom. The highest BCUT2D eigenvalue weighted by Crippen LogP contribution is 2.32.